The summed E-state index contributed by atoms with van der Waals surface area (Å²) in [5.41, 5.74) is 1.94. The maximum atomic E-state index is 13.6. The number of halogens is 3. The average molecular weight is 406 g/mol. The first-order valence-electron chi connectivity index (χ1n) is 9.09. The number of aryl methyl sites for hydroxylation is 1. The van der Waals surface area contributed by atoms with Crippen LogP contribution in [0.3, 0.4) is 0 Å². The van der Waals surface area contributed by atoms with E-state index in [2.05, 4.69) is 6.92 Å². The van der Waals surface area contributed by atoms with Gasteiger partial charge in [-0.2, -0.15) is 0 Å². The first kappa shape index (κ1) is 18.7. The highest BCUT2D eigenvalue weighted by molar-refractivity contribution is 6.33. The van der Waals surface area contributed by atoms with Gasteiger partial charge in [0.2, 0.25) is 0 Å². The largest absolute Gasteiger partial charge is 0.471 e. The predicted molar refractivity (Wildman–Crippen MR) is 104 cm³/mol. The zero-order chi connectivity index (χ0) is 19.8. The van der Waals surface area contributed by atoms with Crippen LogP contribution in [0.1, 0.15) is 30.9 Å². The van der Waals surface area contributed by atoms with Gasteiger partial charge in [0, 0.05) is 23.2 Å². The third-order valence-electron chi connectivity index (χ3n) is 4.90. The number of nitrogens with zero attached hydrogens (tertiary/aromatic N) is 1. The van der Waals surface area contributed by atoms with Crippen molar-refractivity contribution >= 4 is 28.3 Å². The Morgan fingerprint density at radius 3 is 2.75 bits per heavy atom. The first-order valence-corrected chi connectivity index (χ1v) is 9.46. The smallest absolute Gasteiger partial charge is 0.336 e. The van der Waals surface area contributed by atoms with E-state index in [1.807, 2.05) is 0 Å². The molecule has 7 heteroatoms. The molecule has 0 saturated carbocycles. The van der Waals surface area contributed by atoms with E-state index < -0.39 is 17.3 Å². The quantitative estimate of drug-likeness (QED) is 0.543. The van der Waals surface area contributed by atoms with Crippen LogP contribution in [0.5, 0.6) is 5.75 Å². The second-order valence-electron chi connectivity index (χ2n) is 6.81. The number of benzene rings is 2. The topological polar surface area (TPSA) is 42.7 Å². The average Bonchev–Trinajstić information content (AvgIpc) is 2.69. The summed E-state index contributed by atoms with van der Waals surface area (Å²) in [6.07, 6.45) is 2.67. The van der Waals surface area contributed by atoms with Gasteiger partial charge in [0.05, 0.1) is 17.1 Å². The molecule has 4 rings (SSSR count). The van der Waals surface area contributed by atoms with E-state index in [4.69, 9.17) is 20.8 Å². The molecular weight excluding hydrogens is 388 g/mol. The molecule has 0 saturated heterocycles. The van der Waals surface area contributed by atoms with Gasteiger partial charge in [0.1, 0.15) is 11.3 Å². The molecule has 146 valence electrons. The number of fused-ring (bicyclic) bond motifs is 3. The highest BCUT2D eigenvalue weighted by atomic mass is 35.5. The number of unbranched alkanes of at least 4 members (excludes halogenated alkanes) is 1. The summed E-state index contributed by atoms with van der Waals surface area (Å²) in [5, 5.41) is 1.20. The Morgan fingerprint density at radius 1 is 1.18 bits per heavy atom. The summed E-state index contributed by atoms with van der Waals surface area (Å²) in [6.45, 7) is 2.48. The fourth-order valence-electron chi connectivity index (χ4n) is 3.47. The molecule has 0 fully saturated rings. The van der Waals surface area contributed by atoms with E-state index in [0.29, 0.717) is 27.6 Å². The zero-order valence-corrected chi connectivity index (χ0v) is 16.0. The third kappa shape index (κ3) is 3.33. The summed E-state index contributed by atoms with van der Waals surface area (Å²) < 4.78 is 38.2. The van der Waals surface area contributed by atoms with Crippen molar-refractivity contribution in [1.82, 2.24) is 0 Å². The molecule has 3 aromatic rings. The lowest BCUT2D eigenvalue weighted by atomic mass is 10.0. The van der Waals surface area contributed by atoms with Crippen molar-refractivity contribution < 1.29 is 17.9 Å². The van der Waals surface area contributed by atoms with Crippen molar-refractivity contribution in [2.24, 2.45) is 0 Å². The van der Waals surface area contributed by atoms with Crippen LogP contribution in [-0.4, -0.2) is 6.73 Å². The third-order valence-corrected chi connectivity index (χ3v) is 5.18. The summed E-state index contributed by atoms with van der Waals surface area (Å²) in [5.74, 6) is -1.40. The molecule has 0 amide bonds. The molecule has 2 heterocycles. The van der Waals surface area contributed by atoms with Gasteiger partial charge in [-0.05, 0) is 36.6 Å². The number of rotatable bonds is 4. The zero-order valence-electron chi connectivity index (χ0n) is 15.2. The predicted octanol–water partition coefficient (Wildman–Crippen LogP) is 5.42. The van der Waals surface area contributed by atoms with Crippen molar-refractivity contribution in [3.05, 3.63) is 68.5 Å². The SMILES string of the molecule is CCCCc1cc(=O)oc2c3c(c(Cl)cc12)OCN(c1ccc(F)c(F)c1)C3. The minimum atomic E-state index is -0.937. The molecule has 28 heavy (non-hydrogen) atoms. The fourth-order valence-corrected chi connectivity index (χ4v) is 3.75. The van der Waals surface area contributed by atoms with E-state index in [9.17, 15) is 13.6 Å². The van der Waals surface area contributed by atoms with Gasteiger partial charge in [-0.3, -0.25) is 0 Å². The molecule has 0 unspecified atom stereocenters. The van der Waals surface area contributed by atoms with Crippen LogP contribution in [0.15, 0.2) is 39.5 Å². The van der Waals surface area contributed by atoms with Crippen molar-refractivity contribution in [3.63, 3.8) is 0 Å². The van der Waals surface area contributed by atoms with E-state index in [0.717, 1.165) is 42.3 Å². The Kier molecular flexibility index (Phi) is 4.98. The van der Waals surface area contributed by atoms with Crippen LogP contribution in [0.25, 0.3) is 11.0 Å². The summed E-state index contributed by atoms with van der Waals surface area (Å²) in [7, 11) is 0. The molecule has 2 aromatic carbocycles. The molecule has 0 aliphatic carbocycles. The lowest BCUT2D eigenvalue weighted by Gasteiger charge is -2.31. The summed E-state index contributed by atoms with van der Waals surface area (Å²) in [6, 6.07) is 6.91. The van der Waals surface area contributed by atoms with E-state index in [-0.39, 0.29) is 13.3 Å². The van der Waals surface area contributed by atoms with Crippen LogP contribution in [0, 0.1) is 11.6 Å². The van der Waals surface area contributed by atoms with Crippen molar-refractivity contribution in [3.8, 4) is 5.75 Å². The highest BCUT2D eigenvalue weighted by Crippen LogP contribution is 2.40. The van der Waals surface area contributed by atoms with Gasteiger partial charge in [-0.25, -0.2) is 13.6 Å². The van der Waals surface area contributed by atoms with Crippen molar-refractivity contribution in [2.75, 3.05) is 11.6 Å². The van der Waals surface area contributed by atoms with Gasteiger partial charge in [0.25, 0.3) is 0 Å². The highest BCUT2D eigenvalue weighted by Gasteiger charge is 2.26. The maximum Gasteiger partial charge on any atom is 0.336 e. The van der Waals surface area contributed by atoms with Crippen LogP contribution in [0.4, 0.5) is 14.5 Å². The Balaban J connectivity index is 1.83. The Bertz CT molecular complexity index is 1110. The lowest BCUT2D eigenvalue weighted by molar-refractivity contribution is 0.289. The van der Waals surface area contributed by atoms with Crippen LogP contribution < -0.4 is 15.3 Å². The fraction of sp³-hybridized carbons (Fsp3) is 0.286. The van der Waals surface area contributed by atoms with Crippen LogP contribution in [-0.2, 0) is 13.0 Å². The number of hydrogen-bond donors (Lipinski definition) is 0. The first-order chi connectivity index (χ1) is 13.5. The Labute approximate surface area is 165 Å². The second-order valence-corrected chi connectivity index (χ2v) is 7.21. The van der Waals surface area contributed by atoms with Gasteiger partial charge >= 0.3 is 5.63 Å². The lowest BCUT2D eigenvalue weighted by Crippen LogP contribution is -2.32. The van der Waals surface area contributed by atoms with Gasteiger partial charge in [0.15, 0.2) is 18.4 Å². The minimum absolute atomic E-state index is 0.114. The number of ether oxygens (including phenoxy) is 1. The molecular formula is C21H18ClF2NO3. The standard InChI is InChI=1S/C21H18ClF2NO3/c1-2-3-4-12-7-19(26)28-20-14(12)9-16(22)21-15(20)10-25(11-27-21)13-5-6-17(23)18(24)8-13/h5-9H,2-4,10-11H2,1H3. The van der Waals surface area contributed by atoms with Gasteiger partial charge in [-0.1, -0.05) is 24.9 Å². The van der Waals surface area contributed by atoms with E-state index in [1.165, 1.54) is 12.1 Å². The van der Waals surface area contributed by atoms with Crippen molar-refractivity contribution in [1.29, 1.82) is 0 Å². The van der Waals surface area contributed by atoms with Gasteiger partial charge < -0.3 is 14.1 Å². The van der Waals surface area contributed by atoms with E-state index in [1.54, 1.807) is 11.0 Å². The van der Waals surface area contributed by atoms with Crippen LogP contribution in [0.2, 0.25) is 5.02 Å². The number of hydrogen-bond acceptors (Lipinski definition) is 4. The molecule has 1 aliphatic rings. The van der Waals surface area contributed by atoms with E-state index >= 15 is 0 Å². The molecule has 0 spiro atoms. The molecule has 0 radical (unpaired) electrons. The maximum absolute atomic E-state index is 13.6. The normalized spacial score (nSPS) is 13.5. The summed E-state index contributed by atoms with van der Waals surface area (Å²) in [4.78, 5) is 13.8. The monoisotopic (exact) mass is 405 g/mol. The minimum Gasteiger partial charge on any atom is -0.471 e. The van der Waals surface area contributed by atoms with Gasteiger partial charge in [-0.15, -0.1) is 0 Å². The molecule has 0 bridgehead atoms. The Hall–Kier alpha value is -2.60. The number of anilines is 1. The molecule has 1 aromatic heterocycles. The molecule has 1 aliphatic heterocycles. The molecule has 4 nitrogen and oxygen atoms in total. The molecule has 0 atom stereocenters. The van der Waals surface area contributed by atoms with Crippen LogP contribution >= 0.6 is 11.6 Å². The molecule has 0 N–H and O–H groups in total. The Morgan fingerprint density at radius 2 is 2.00 bits per heavy atom. The summed E-state index contributed by atoms with van der Waals surface area (Å²) >= 11 is 6.43. The van der Waals surface area contributed by atoms with Crippen molar-refractivity contribution in [2.45, 2.75) is 32.7 Å². The second kappa shape index (κ2) is 7.43.